The Hall–Kier alpha value is -1.00. The van der Waals surface area contributed by atoms with Crippen molar-refractivity contribution in [3.05, 3.63) is 35.4 Å². The third-order valence-electron chi connectivity index (χ3n) is 3.61. The summed E-state index contributed by atoms with van der Waals surface area (Å²) in [5, 5.41) is 6.24. The van der Waals surface area contributed by atoms with Crippen molar-refractivity contribution in [1.82, 2.24) is 10.6 Å². The smallest absolute Gasteiger partial charge is 0.191 e. The highest BCUT2D eigenvalue weighted by atomic mass is 127. The van der Waals surface area contributed by atoms with Crippen LogP contribution in [0.2, 0.25) is 0 Å². The van der Waals surface area contributed by atoms with E-state index in [0.29, 0.717) is 32.3 Å². The Morgan fingerprint density at radius 2 is 2.20 bits per heavy atom. The van der Waals surface area contributed by atoms with Gasteiger partial charge in [-0.3, -0.25) is 0 Å². The molecule has 0 spiro atoms. The molecule has 0 saturated carbocycles. The molecule has 0 bridgehead atoms. The second-order valence-electron chi connectivity index (χ2n) is 5.57. The van der Waals surface area contributed by atoms with E-state index < -0.39 is 11.6 Å². The first-order chi connectivity index (χ1) is 11.7. The van der Waals surface area contributed by atoms with E-state index in [1.165, 1.54) is 6.07 Å². The van der Waals surface area contributed by atoms with Crippen LogP contribution in [-0.4, -0.2) is 45.0 Å². The molecule has 8 heteroatoms. The molecule has 1 saturated heterocycles. The molecule has 0 amide bonds. The van der Waals surface area contributed by atoms with E-state index in [2.05, 4.69) is 15.6 Å². The van der Waals surface area contributed by atoms with Crippen LogP contribution in [-0.2, 0) is 16.0 Å². The Bertz CT molecular complexity index is 541. The fourth-order valence-electron chi connectivity index (χ4n) is 2.34. The topological polar surface area (TPSA) is 54.9 Å². The van der Waals surface area contributed by atoms with Crippen molar-refractivity contribution < 1.29 is 18.3 Å². The van der Waals surface area contributed by atoms with Crippen LogP contribution in [0.15, 0.2) is 23.2 Å². The number of ether oxygens (including phenoxy) is 2. The van der Waals surface area contributed by atoms with E-state index >= 15 is 0 Å². The van der Waals surface area contributed by atoms with Crippen molar-refractivity contribution in [3.63, 3.8) is 0 Å². The van der Waals surface area contributed by atoms with Gasteiger partial charge in [-0.2, -0.15) is 0 Å². The maximum Gasteiger partial charge on any atom is 0.191 e. The van der Waals surface area contributed by atoms with Crippen LogP contribution in [0.5, 0.6) is 0 Å². The monoisotopic (exact) mass is 469 g/mol. The lowest BCUT2D eigenvalue weighted by atomic mass is 10.2. The van der Waals surface area contributed by atoms with Gasteiger partial charge in [-0.05, 0) is 38.0 Å². The molecule has 25 heavy (non-hydrogen) atoms. The molecular formula is C17H26F2IN3O2. The average molecular weight is 469 g/mol. The number of guanidine groups is 1. The normalized spacial score (nSPS) is 17.2. The number of aliphatic imine (C=N–C) groups is 1. The van der Waals surface area contributed by atoms with E-state index in [1.54, 1.807) is 0 Å². The molecule has 1 heterocycles. The molecule has 2 N–H and O–H groups in total. The van der Waals surface area contributed by atoms with Crippen molar-refractivity contribution in [2.75, 3.05) is 32.9 Å². The number of rotatable bonds is 8. The third kappa shape index (κ3) is 8.28. The van der Waals surface area contributed by atoms with Gasteiger partial charge in [-0.25, -0.2) is 13.8 Å². The molecule has 1 aromatic carbocycles. The molecule has 1 aliphatic heterocycles. The molecule has 142 valence electrons. The molecule has 1 fully saturated rings. The van der Waals surface area contributed by atoms with Crippen molar-refractivity contribution in [1.29, 1.82) is 0 Å². The van der Waals surface area contributed by atoms with Crippen molar-refractivity contribution in [3.8, 4) is 0 Å². The van der Waals surface area contributed by atoms with E-state index in [-0.39, 0.29) is 42.2 Å². The molecule has 1 unspecified atom stereocenters. The average Bonchev–Trinajstić information content (AvgIpc) is 3.08. The second-order valence-corrected chi connectivity index (χ2v) is 5.57. The maximum absolute atomic E-state index is 13.6. The lowest BCUT2D eigenvalue weighted by Gasteiger charge is -2.13. The van der Waals surface area contributed by atoms with Crippen LogP contribution in [0.25, 0.3) is 0 Å². The molecule has 0 radical (unpaired) electrons. The summed E-state index contributed by atoms with van der Waals surface area (Å²) in [4.78, 5) is 4.29. The minimum Gasteiger partial charge on any atom is -0.379 e. The fraction of sp³-hybridized carbons (Fsp3) is 0.588. The first-order valence-electron chi connectivity index (χ1n) is 8.34. The van der Waals surface area contributed by atoms with Gasteiger partial charge >= 0.3 is 0 Å². The summed E-state index contributed by atoms with van der Waals surface area (Å²) >= 11 is 0. The van der Waals surface area contributed by atoms with Crippen LogP contribution < -0.4 is 10.6 Å². The number of hydrogen-bond acceptors (Lipinski definition) is 3. The van der Waals surface area contributed by atoms with Crippen LogP contribution in [0.4, 0.5) is 8.78 Å². The van der Waals surface area contributed by atoms with Crippen molar-refractivity contribution in [2.45, 2.75) is 32.4 Å². The largest absolute Gasteiger partial charge is 0.379 e. The molecule has 0 aromatic heterocycles. The molecule has 1 atom stereocenters. The minimum atomic E-state index is -0.465. The maximum atomic E-state index is 13.6. The number of halogens is 3. The Balaban J connectivity index is 0.00000312. The zero-order valence-electron chi connectivity index (χ0n) is 14.4. The second kappa shape index (κ2) is 12.4. The number of benzene rings is 1. The summed E-state index contributed by atoms with van der Waals surface area (Å²) in [5.41, 5.74) is 0.233. The van der Waals surface area contributed by atoms with Gasteiger partial charge in [-0.1, -0.05) is 0 Å². The Labute approximate surface area is 164 Å². The van der Waals surface area contributed by atoms with Crippen molar-refractivity contribution in [2.24, 2.45) is 4.99 Å². The summed E-state index contributed by atoms with van der Waals surface area (Å²) in [6.07, 6.45) is 1.99. The van der Waals surface area contributed by atoms with Crippen LogP contribution in [0.1, 0.15) is 25.3 Å². The Morgan fingerprint density at radius 1 is 1.36 bits per heavy atom. The lowest BCUT2D eigenvalue weighted by molar-refractivity contribution is 0.0420. The van der Waals surface area contributed by atoms with Gasteiger partial charge in [0.15, 0.2) is 5.96 Å². The van der Waals surface area contributed by atoms with Gasteiger partial charge in [-0.15, -0.1) is 24.0 Å². The third-order valence-corrected chi connectivity index (χ3v) is 3.61. The molecule has 5 nitrogen and oxygen atoms in total. The van der Waals surface area contributed by atoms with Crippen molar-refractivity contribution >= 4 is 29.9 Å². The molecular weight excluding hydrogens is 443 g/mol. The van der Waals surface area contributed by atoms with E-state index in [0.717, 1.165) is 31.6 Å². The highest BCUT2D eigenvalue weighted by Crippen LogP contribution is 2.10. The van der Waals surface area contributed by atoms with E-state index in [1.807, 2.05) is 6.92 Å². The SMILES string of the molecule is CCNC(=NCc1cc(F)ccc1F)NCCCOC1CCOC1.I. The summed E-state index contributed by atoms with van der Waals surface area (Å²) in [7, 11) is 0. The van der Waals surface area contributed by atoms with Crippen LogP contribution in [0.3, 0.4) is 0 Å². The standard InChI is InChI=1S/C17H25F2N3O2.HI/c1-2-20-17(21-7-3-8-24-15-6-9-23-12-15)22-11-13-10-14(18)4-5-16(13)19;/h4-5,10,15H,2-3,6-9,11-12H2,1H3,(H2,20,21,22);1H. The summed E-state index contributed by atoms with van der Waals surface area (Å²) in [6, 6.07) is 3.38. The Morgan fingerprint density at radius 3 is 2.92 bits per heavy atom. The van der Waals surface area contributed by atoms with Gasteiger partial charge in [0.05, 0.1) is 19.3 Å². The summed E-state index contributed by atoms with van der Waals surface area (Å²) < 4.78 is 37.7. The summed E-state index contributed by atoms with van der Waals surface area (Å²) in [6.45, 7) is 5.50. The van der Waals surface area contributed by atoms with Crippen LogP contribution in [0, 0.1) is 11.6 Å². The van der Waals surface area contributed by atoms with E-state index in [4.69, 9.17) is 9.47 Å². The van der Waals surface area contributed by atoms with Gasteiger partial charge in [0.1, 0.15) is 11.6 Å². The number of nitrogens with one attached hydrogen (secondary N) is 2. The van der Waals surface area contributed by atoms with Gasteiger partial charge in [0, 0.05) is 31.9 Å². The molecule has 0 aliphatic carbocycles. The minimum absolute atomic E-state index is 0. The molecule has 1 aliphatic rings. The fourth-order valence-corrected chi connectivity index (χ4v) is 2.34. The number of hydrogen-bond donors (Lipinski definition) is 2. The lowest BCUT2D eigenvalue weighted by Crippen LogP contribution is -2.38. The van der Waals surface area contributed by atoms with Gasteiger partial charge in [0.2, 0.25) is 0 Å². The molecule has 2 rings (SSSR count). The van der Waals surface area contributed by atoms with Crippen LogP contribution >= 0.6 is 24.0 Å². The highest BCUT2D eigenvalue weighted by molar-refractivity contribution is 14.0. The zero-order valence-corrected chi connectivity index (χ0v) is 16.7. The Kier molecular flexibility index (Phi) is 10.9. The highest BCUT2D eigenvalue weighted by Gasteiger charge is 2.15. The quantitative estimate of drug-likeness (QED) is 0.266. The predicted molar refractivity (Wildman–Crippen MR) is 104 cm³/mol. The number of nitrogens with zero attached hydrogens (tertiary/aromatic N) is 1. The van der Waals surface area contributed by atoms with Gasteiger partial charge < -0.3 is 20.1 Å². The summed E-state index contributed by atoms with van der Waals surface area (Å²) in [5.74, 6) is -0.346. The first-order valence-corrected chi connectivity index (χ1v) is 8.34. The van der Waals surface area contributed by atoms with E-state index in [9.17, 15) is 8.78 Å². The first kappa shape index (κ1) is 22.0. The predicted octanol–water partition coefficient (Wildman–Crippen LogP) is 2.83. The van der Waals surface area contributed by atoms with Gasteiger partial charge in [0.25, 0.3) is 0 Å². The zero-order chi connectivity index (χ0) is 17.2. The molecule has 1 aromatic rings.